The van der Waals surface area contributed by atoms with Crippen LogP contribution in [-0.4, -0.2) is 79.0 Å². The Hall–Kier alpha value is -2.23. The highest BCUT2D eigenvalue weighted by Crippen LogP contribution is 2.23. The number of fused-ring (bicyclic) bond motifs is 1. The molecule has 0 spiro atoms. The molecule has 0 bridgehead atoms. The molecule has 3 rings (SSSR count). The van der Waals surface area contributed by atoms with E-state index < -0.39 is 48.5 Å². The molecule has 3 heterocycles. The number of nitrogens with zero attached hydrogens (tertiary/aromatic N) is 4. The van der Waals surface area contributed by atoms with Crippen molar-refractivity contribution in [3.63, 3.8) is 0 Å². The number of carbonyl (C=O) groups excluding carboxylic acids is 1. The lowest BCUT2D eigenvalue weighted by Gasteiger charge is -2.17. The van der Waals surface area contributed by atoms with Crippen LogP contribution in [0.25, 0.3) is 11.2 Å². The predicted molar refractivity (Wildman–Crippen MR) is 128 cm³/mol. The first kappa shape index (κ1) is 27.4. The van der Waals surface area contributed by atoms with Gasteiger partial charge in [0.25, 0.3) is 0 Å². The fraction of sp³-hybridized carbons (Fsp3) is 0.650. The van der Waals surface area contributed by atoms with Crippen molar-refractivity contribution in [3.8, 4) is 0 Å². The van der Waals surface area contributed by atoms with Crippen molar-refractivity contribution in [2.45, 2.75) is 57.5 Å². The molecule has 2 N–H and O–H groups in total. The number of hydrogen-bond acceptors (Lipinski definition) is 6. The minimum Gasteiger partial charge on any atom is -0.361 e. The highest BCUT2D eigenvalue weighted by atomic mass is 32.2. The van der Waals surface area contributed by atoms with Crippen molar-refractivity contribution < 1.29 is 31.1 Å². The molecule has 35 heavy (non-hydrogen) atoms. The first-order valence-electron chi connectivity index (χ1n) is 11.2. The quantitative estimate of drug-likeness (QED) is 0.356. The number of rotatable bonds is 10. The molecule has 1 fully saturated rings. The summed E-state index contributed by atoms with van der Waals surface area (Å²) in [6.45, 7) is 7.82. The van der Waals surface area contributed by atoms with Crippen LogP contribution < -0.4 is 10.6 Å². The number of halogens is 3. The molecule has 1 aliphatic rings. The topological polar surface area (TPSA) is 118 Å². The van der Waals surface area contributed by atoms with Crippen LogP contribution in [0.15, 0.2) is 18.5 Å². The minimum atomic E-state index is -4.55. The van der Waals surface area contributed by atoms with Crippen LogP contribution in [0.5, 0.6) is 0 Å². The van der Waals surface area contributed by atoms with Gasteiger partial charge in [-0.3, -0.25) is 5.32 Å². The van der Waals surface area contributed by atoms with E-state index in [0.29, 0.717) is 30.9 Å². The average molecular weight is 537 g/mol. The van der Waals surface area contributed by atoms with Crippen LogP contribution in [0, 0.1) is 0 Å². The van der Waals surface area contributed by atoms with E-state index in [0.717, 1.165) is 10.3 Å². The minimum absolute atomic E-state index is 0.0461. The molecule has 196 valence electrons. The van der Waals surface area contributed by atoms with Gasteiger partial charge in [-0.15, -0.1) is 0 Å². The summed E-state index contributed by atoms with van der Waals surface area (Å²) in [5.74, 6) is -0.798. The summed E-state index contributed by atoms with van der Waals surface area (Å²) in [6.07, 6.45) is -2.45. The number of sulfonamides is 1. The lowest BCUT2D eigenvalue weighted by atomic mass is 10.3. The maximum absolute atomic E-state index is 12.4. The van der Waals surface area contributed by atoms with Gasteiger partial charge in [0.1, 0.15) is 12.2 Å². The number of amides is 2. The van der Waals surface area contributed by atoms with Crippen LogP contribution >= 0.6 is 0 Å². The van der Waals surface area contributed by atoms with E-state index in [1.807, 2.05) is 4.57 Å². The third kappa shape index (κ3) is 8.43. The van der Waals surface area contributed by atoms with Gasteiger partial charge in [0, 0.05) is 40.0 Å². The lowest BCUT2D eigenvalue weighted by Crippen LogP contribution is -2.41. The number of ether oxygens (including phenoxy) is 1. The van der Waals surface area contributed by atoms with Gasteiger partial charge in [0.15, 0.2) is 11.5 Å². The molecule has 1 saturated heterocycles. The zero-order chi connectivity index (χ0) is 25.9. The van der Waals surface area contributed by atoms with Crippen molar-refractivity contribution in [1.29, 1.82) is 0 Å². The number of urea groups is 1. The van der Waals surface area contributed by atoms with Crippen LogP contribution in [0.1, 0.15) is 12.8 Å². The van der Waals surface area contributed by atoms with Crippen molar-refractivity contribution in [2.75, 3.05) is 30.8 Å². The summed E-state index contributed by atoms with van der Waals surface area (Å²) >= 11 is 0. The molecule has 0 unspecified atom stereocenters. The first-order valence-corrected chi connectivity index (χ1v) is 16.6. The molecule has 0 aromatic carbocycles. The van der Waals surface area contributed by atoms with Crippen LogP contribution in [0.2, 0.25) is 25.7 Å². The van der Waals surface area contributed by atoms with E-state index >= 15 is 0 Å². The van der Waals surface area contributed by atoms with Gasteiger partial charge >= 0.3 is 12.2 Å². The predicted octanol–water partition coefficient (Wildman–Crippen LogP) is 3.22. The second kappa shape index (κ2) is 10.8. The first-order chi connectivity index (χ1) is 16.2. The molecule has 1 aliphatic heterocycles. The van der Waals surface area contributed by atoms with Crippen molar-refractivity contribution in [1.82, 2.24) is 24.2 Å². The highest BCUT2D eigenvalue weighted by Gasteiger charge is 2.36. The Balaban J connectivity index is 1.49. The molecule has 0 aliphatic carbocycles. The molecular weight excluding hydrogens is 505 g/mol. The number of aromatic nitrogens is 3. The number of nitrogens with one attached hydrogen (secondary N) is 2. The standard InChI is InChI=1S/C20H31F3N6O4SSi/c1-35(2,3)11-9-33-14-28-7-5-16-18(28)24-12-17(26-16)27-19(30)25-15-4-8-29(13-15)34(31,32)10-6-20(21,22)23/h5,7,12,15H,4,6,8-11,13-14H2,1-3H3,(H2,25,26,27,30)/t15-/m1/s1. The van der Waals surface area contributed by atoms with Crippen LogP contribution in [0.4, 0.5) is 23.8 Å². The largest absolute Gasteiger partial charge is 0.390 e. The van der Waals surface area contributed by atoms with E-state index in [9.17, 15) is 26.4 Å². The van der Waals surface area contributed by atoms with Gasteiger partial charge in [0.2, 0.25) is 10.0 Å². The SMILES string of the molecule is C[Si](C)(C)CCOCn1ccc2nc(NC(=O)N[C@@H]3CCN(S(=O)(=O)CCC(F)(F)F)C3)cnc21. The van der Waals surface area contributed by atoms with E-state index in [2.05, 4.69) is 40.2 Å². The molecule has 10 nitrogen and oxygen atoms in total. The Morgan fingerprint density at radius 2 is 2.06 bits per heavy atom. The number of alkyl halides is 3. The Kier molecular flexibility index (Phi) is 8.44. The van der Waals surface area contributed by atoms with Gasteiger partial charge in [-0.2, -0.15) is 17.5 Å². The molecule has 0 radical (unpaired) electrons. The fourth-order valence-corrected chi connectivity index (χ4v) is 5.77. The normalized spacial score (nSPS) is 17.7. The van der Waals surface area contributed by atoms with E-state index in [1.165, 1.54) is 6.20 Å². The monoisotopic (exact) mass is 536 g/mol. The summed E-state index contributed by atoms with van der Waals surface area (Å²) in [4.78, 5) is 21.1. The van der Waals surface area contributed by atoms with Crippen LogP contribution in [-0.2, 0) is 21.5 Å². The fourth-order valence-electron chi connectivity index (χ4n) is 3.48. The molecule has 1 atom stereocenters. The highest BCUT2D eigenvalue weighted by molar-refractivity contribution is 7.89. The number of hydrogen-bond donors (Lipinski definition) is 2. The molecule has 0 saturated carbocycles. The number of anilines is 1. The molecule has 2 aromatic rings. The Labute approximate surface area is 203 Å². The zero-order valence-corrected chi connectivity index (χ0v) is 21.7. The molecule has 2 amide bonds. The summed E-state index contributed by atoms with van der Waals surface area (Å²) in [7, 11) is -5.23. The van der Waals surface area contributed by atoms with Gasteiger partial charge in [0.05, 0.1) is 18.4 Å². The van der Waals surface area contributed by atoms with Gasteiger partial charge < -0.3 is 14.6 Å². The Bertz CT molecular complexity index is 1140. The maximum atomic E-state index is 12.4. The zero-order valence-electron chi connectivity index (χ0n) is 19.9. The molecule has 15 heteroatoms. The molecular formula is C20H31F3N6O4SSi. The smallest absolute Gasteiger partial charge is 0.361 e. The molecule has 2 aromatic heterocycles. The summed E-state index contributed by atoms with van der Waals surface area (Å²) in [5, 5.41) is 5.19. The number of carbonyl (C=O) groups is 1. The third-order valence-electron chi connectivity index (χ3n) is 5.45. The Morgan fingerprint density at radius 1 is 1.31 bits per heavy atom. The van der Waals surface area contributed by atoms with E-state index in [4.69, 9.17) is 4.74 Å². The second-order valence-electron chi connectivity index (χ2n) is 9.72. The van der Waals surface area contributed by atoms with E-state index in [1.54, 1.807) is 12.3 Å². The van der Waals surface area contributed by atoms with Crippen molar-refractivity contribution in [3.05, 3.63) is 18.5 Å². The van der Waals surface area contributed by atoms with Gasteiger partial charge in [-0.25, -0.2) is 23.2 Å². The average Bonchev–Trinajstić information content (AvgIpc) is 3.36. The van der Waals surface area contributed by atoms with E-state index in [-0.39, 0.29) is 18.9 Å². The van der Waals surface area contributed by atoms with Crippen LogP contribution in [0.3, 0.4) is 0 Å². The van der Waals surface area contributed by atoms with Crippen molar-refractivity contribution in [2.24, 2.45) is 0 Å². The summed E-state index contributed by atoms with van der Waals surface area (Å²) < 4.78 is 69.9. The maximum Gasteiger partial charge on any atom is 0.390 e. The third-order valence-corrected chi connectivity index (χ3v) is 9.00. The second-order valence-corrected chi connectivity index (χ2v) is 17.4. The summed E-state index contributed by atoms with van der Waals surface area (Å²) in [6, 6.07) is 1.68. The van der Waals surface area contributed by atoms with Gasteiger partial charge in [-0.05, 0) is 18.5 Å². The lowest BCUT2D eigenvalue weighted by molar-refractivity contribution is -0.130. The van der Waals surface area contributed by atoms with Crippen molar-refractivity contribution >= 4 is 41.1 Å². The van der Waals surface area contributed by atoms with Gasteiger partial charge in [-0.1, -0.05) is 19.6 Å². The Morgan fingerprint density at radius 3 is 2.74 bits per heavy atom. The summed E-state index contributed by atoms with van der Waals surface area (Å²) in [5.41, 5.74) is 1.18.